The molecule has 0 bridgehead atoms. The van der Waals surface area contributed by atoms with Gasteiger partial charge in [0.1, 0.15) is 5.02 Å². The largest absolute Gasteiger partial charge is 0.573 e. The number of alkyl halides is 3. The highest BCUT2D eigenvalue weighted by Crippen LogP contribution is 2.36. The predicted molar refractivity (Wildman–Crippen MR) is 47.9 cm³/mol. The number of hydrogen-bond acceptors (Lipinski definition) is 2. The van der Waals surface area contributed by atoms with Crippen molar-refractivity contribution in [1.29, 1.82) is 5.26 Å². The number of hydrogen-bond donors (Lipinski definition) is 0. The fourth-order valence-corrected chi connectivity index (χ4v) is 1.19. The Balaban J connectivity index is 3.18. The molecule has 1 aromatic rings. The first-order valence-corrected chi connectivity index (χ1v) is 4.24. The molecule has 1 rings (SSSR count). The van der Waals surface area contributed by atoms with Gasteiger partial charge < -0.3 is 4.74 Å². The van der Waals surface area contributed by atoms with Gasteiger partial charge in [0.25, 0.3) is 0 Å². The molecular formula is C8H2Cl2F3NO. The number of benzene rings is 1. The van der Waals surface area contributed by atoms with Gasteiger partial charge in [0.2, 0.25) is 0 Å². The van der Waals surface area contributed by atoms with Crippen LogP contribution in [0.1, 0.15) is 5.56 Å². The van der Waals surface area contributed by atoms with Gasteiger partial charge in [-0.1, -0.05) is 23.2 Å². The van der Waals surface area contributed by atoms with Crippen molar-refractivity contribution in [2.75, 3.05) is 0 Å². The second kappa shape index (κ2) is 4.17. The molecule has 0 saturated heterocycles. The molecule has 0 spiro atoms. The Bertz CT molecular complexity index is 425. The van der Waals surface area contributed by atoms with E-state index in [0.29, 0.717) is 0 Å². The molecule has 0 N–H and O–H groups in total. The van der Waals surface area contributed by atoms with E-state index in [1.165, 1.54) is 0 Å². The number of halogens is 5. The average molecular weight is 256 g/mol. The Labute approximate surface area is 92.8 Å². The highest BCUT2D eigenvalue weighted by atomic mass is 35.5. The smallest absolute Gasteiger partial charge is 0.404 e. The Hall–Kier alpha value is -1.12. The molecule has 15 heavy (non-hydrogen) atoms. The van der Waals surface area contributed by atoms with E-state index in [0.717, 1.165) is 12.1 Å². The van der Waals surface area contributed by atoms with Crippen LogP contribution < -0.4 is 4.74 Å². The molecule has 0 aliphatic rings. The minimum absolute atomic E-state index is 0.0661. The summed E-state index contributed by atoms with van der Waals surface area (Å²) < 4.78 is 39.2. The van der Waals surface area contributed by atoms with Crippen LogP contribution in [0.15, 0.2) is 12.1 Å². The third-order valence-electron chi connectivity index (χ3n) is 1.35. The van der Waals surface area contributed by atoms with Gasteiger partial charge in [-0.05, 0) is 12.1 Å². The lowest BCUT2D eigenvalue weighted by atomic mass is 10.2. The van der Waals surface area contributed by atoms with Gasteiger partial charge in [0.15, 0.2) is 5.75 Å². The maximum Gasteiger partial charge on any atom is 0.573 e. The molecule has 0 aromatic heterocycles. The van der Waals surface area contributed by atoms with E-state index in [9.17, 15) is 13.2 Å². The molecule has 2 nitrogen and oxygen atoms in total. The van der Waals surface area contributed by atoms with Crippen LogP contribution in [-0.2, 0) is 0 Å². The molecule has 0 heterocycles. The first-order chi connectivity index (χ1) is 6.83. The van der Waals surface area contributed by atoms with Crippen molar-refractivity contribution < 1.29 is 17.9 Å². The molecule has 0 amide bonds. The Morgan fingerprint density at radius 2 is 1.87 bits per heavy atom. The van der Waals surface area contributed by atoms with E-state index in [1.807, 2.05) is 0 Å². The van der Waals surface area contributed by atoms with Crippen LogP contribution >= 0.6 is 23.2 Å². The van der Waals surface area contributed by atoms with Gasteiger partial charge >= 0.3 is 6.36 Å². The highest BCUT2D eigenvalue weighted by Gasteiger charge is 2.32. The first kappa shape index (κ1) is 12.0. The zero-order chi connectivity index (χ0) is 11.6. The molecule has 0 aliphatic carbocycles. The maximum absolute atomic E-state index is 11.9. The SMILES string of the molecule is N#Cc1cc(Cl)c(Cl)c(OC(F)(F)F)c1. The van der Waals surface area contributed by atoms with Gasteiger partial charge in [-0.3, -0.25) is 0 Å². The highest BCUT2D eigenvalue weighted by molar-refractivity contribution is 6.43. The predicted octanol–water partition coefficient (Wildman–Crippen LogP) is 3.76. The fraction of sp³-hybridized carbons (Fsp3) is 0.125. The molecule has 7 heteroatoms. The number of ether oxygens (including phenoxy) is 1. The zero-order valence-electron chi connectivity index (χ0n) is 6.90. The van der Waals surface area contributed by atoms with E-state index in [1.54, 1.807) is 6.07 Å². The normalized spacial score (nSPS) is 10.9. The monoisotopic (exact) mass is 255 g/mol. The van der Waals surface area contributed by atoms with E-state index >= 15 is 0 Å². The first-order valence-electron chi connectivity index (χ1n) is 3.48. The van der Waals surface area contributed by atoms with Crippen LogP contribution in [0.25, 0.3) is 0 Å². The summed E-state index contributed by atoms with van der Waals surface area (Å²) in [6.45, 7) is 0. The van der Waals surface area contributed by atoms with Crippen LogP contribution in [0.2, 0.25) is 10.0 Å². The molecule has 80 valence electrons. The molecule has 1 aromatic carbocycles. The average Bonchev–Trinajstić information content (AvgIpc) is 2.10. The van der Waals surface area contributed by atoms with Crippen LogP contribution in [0, 0.1) is 11.3 Å². The molecular weight excluding hydrogens is 254 g/mol. The molecule has 0 fully saturated rings. The zero-order valence-corrected chi connectivity index (χ0v) is 8.41. The fourth-order valence-electron chi connectivity index (χ4n) is 0.827. The van der Waals surface area contributed by atoms with E-state index < -0.39 is 12.1 Å². The van der Waals surface area contributed by atoms with Crippen molar-refractivity contribution in [1.82, 2.24) is 0 Å². The van der Waals surface area contributed by atoms with Crippen molar-refractivity contribution in [3.63, 3.8) is 0 Å². The van der Waals surface area contributed by atoms with Crippen molar-refractivity contribution in [2.45, 2.75) is 6.36 Å². The summed E-state index contributed by atoms with van der Waals surface area (Å²) in [5.41, 5.74) is -0.0661. The summed E-state index contributed by atoms with van der Waals surface area (Å²) >= 11 is 11.0. The lowest BCUT2D eigenvalue weighted by molar-refractivity contribution is -0.274. The molecule has 0 radical (unpaired) electrons. The molecule has 0 unspecified atom stereocenters. The molecule has 0 saturated carbocycles. The summed E-state index contributed by atoms with van der Waals surface area (Å²) in [4.78, 5) is 0. The molecule has 0 aliphatic heterocycles. The van der Waals surface area contributed by atoms with Gasteiger partial charge in [-0.2, -0.15) is 5.26 Å². The third kappa shape index (κ3) is 3.18. The summed E-state index contributed by atoms with van der Waals surface area (Å²) in [6.07, 6.45) is -4.87. The summed E-state index contributed by atoms with van der Waals surface area (Å²) in [5.74, 6) is -0.687. The topological polar surface area (TPSA) is 33.0 Å². The van der Waals surface area contributed by atoms with E-state index in [4.69, 9.17) is 28.5 Å². The Kier molecular flexibility index (Phi) is 3.32. The number of rotatable bonds is 1. The van der Waals surface area contributed by atoms with Crippen molar-refractivity contribution in [3.8, 4) is 11.8 Å². The summed E-state index contributed by atoms with van der Waals surface area (Å²) in [6, 6.07) is 3.64. The lowest BCUT2D eigenvalue weighted by Gasteiger charge is -2.11. The van der Waals surface area contributed by atoms with Gasteiger partial charge in [0, 0.05) is 0 Å². The van der Waals surface area contributed by atoms with Crippen LogP contribution in [-0.4, -0.2) is 6.36 Å². The lowest BCUT2D eigenvalue weighted by Crippen LogP contribution is -2.17. The summed E-state index contributed by atoms with van der Waals surface area (Å²) in [5, 5.41) is 7.93. The van der Waals surface area contributed by atoms with Crippen molar-refractivity contribution >= 4 is 23.2 Å². The van der Waals surface area contributed by atoms with Crippen LogP contribution in [0.5, 0.6) is 5.75 Å². The van der Waals surface area contributed by atoms with E-state index in [2.05, 4.69) is 4.74 Å². The number of nitriles is 1. The minimum Gasteiger partial charge on any atom is -0.404 e. The second-order valence-electron chi connectivity index (χ2n) is 2.43. The van der Waals surface area contributed by atoms with Gasteiger partial charge in [0.05, 0.1) is 16.7 Å². The number of nitrogens with zero attached hydrogens (tertiary/aromatic N) is 1. The van der Waals surface area contributed by atoms with Crippen molar-refractivity contribution in [2.24, 2.45) is 0 Å². The van der Waals surface area contributed by atoms with Gasteiger partial charge in [-0.15, -0.1) is 13.2 Å². The maximum atomic E-state index is 11.9. The Morgan fingerprint density at radius 1 is 1.27 bits per heavy atom. The standard InChI is InChI=1S/C8H2Cl2F3NO/c9-5-1-4(3-14)2-6(7(5)10)15-8(11,12)13/h1-2H. The Morgan fingerprint density at radius 3 is 2.33 bits per heavy atom. The quantitative estimate of drug-likeness (QED) is 0.766. The van der Waals surface area contributed by atoms with E-state index in [-0.39, 0.29) is 15.6 Å². The minimum atomic E-state index is -4.87. The van der Waals surface area contributed by atoms with Crippen molar-refractivity contribution in [3.05, 3.63) is 27.7 Å². The summed E-state index contributed by atoms with van der Waals surface area (Å²) in [7, 11) is 0. The van der Waals surface area contributed by atoms with Crippen LogP contribution in [0.4, 0.5) is 13.2 Å². The second-order valence-corrected chi connectivity index (χ2v) is 3.21. The van der Waals surface area contributed by atoms with Crippen LogP contribution in [0.3, 0.4) is 0 Å². The third-order valence-corrected chi connectivity index (χ3v) is 2.13. The van der Waals surface area contributed by atoms with Gasteiger partial charge in [-0.25, -0.2) is 0 Å². The molecule has 0 atom stereocenters.